The largest absolute Gasteiger partial charge is 0.493 e. The highest BCUT2D eigenvalue weighted by Crippen LogP contribution is 2.31. The molecule has 1 rings (SSSR count). The Labute approximate surface area is 118 Å². The zero-order valence-corrected chi connectivity index (χ0v) is 11.8. The number of para-hydroxylation sites is 1. The first-order valence-corrected chi connectivity index (χ1v) is 6.56. The van der Waals surface area contributed by atoms with Crippen LogP contribution in [-0.2, 0) is 4.79 Å². The van der Waals surface area contributed by atoms with Crippen molar-refractivity contribution in [1.82, 2.24) is 0 Å². The molecule has 0 radical (unpaired) electrons. The smallest absolute Gasteiger partial charge is 0.303 e. The summed E-state index contributed by atoms with van der Waals surface area (Å²) in [6.45, 7) is 0. The first-order chi connectivity index (χ1) is 9.60. The van der Waals surface area contributed by atoms with Gasteiger partial charge in [0.25, 0.3) is 0 Å². The Morgan fingerprint density at radius 1 is 1.05 bits per heavy atom. The molecule has 0 aliphatic heterocycles. The van der Waals surface area contributed by atoms with E-state index in [0.717, 1.165) is 6.42 Å². The number of aliphatic carboxylic acids is 1. The van der Waals surface area contributed by atoms with Gasteiger partial charge in [0, 0.05) is 12.8 Å². The van der Waals surface area contributed by atoms with Crippen LogP contribution >= 0.6 is 0 Å². The Balaban J connectivity index is 2.57. The average molecular weight is 280 g/mol. The summed E-state index contributed by atoms with van der Waals surface area (Å²) < 4.78 is 10.4. The minimum Gasteiger partial charge on any atom is -0.493 e. The summed E-state index contributed by atoms with van der Waals surface area (Å²) in [6.07, 6.45) is 2.52. The number of carboxylic acids is 1. The minimum atomic E-state index is -0.800. The number of carboxylic acid groups (broad SMARTS) is 1. The number of ketones is 1. The quantitative estimate of drug-likeness (QED) is 0.556. The highest BCUT2D eigenvalue weighted by Gasteiger charge is 2.15. The summed E-state index contributed by atoms with van der Waals surface area (Å²) in [7, 11) is 3.03. The minimum absolute atomic E-state index is 0.0175. The van der Waals surface area contributed by atoms with E-state index >= 15 is 0 Å². The van der Waals surface area contributed by atoms with Crippen LogP contribution in [0.25, 0.3) is 0 Å². The van der Waals surface area contributed by atoms with Crippen molar-refractivity contribution in [2.45, 2.75) is 32.1 Å². The maximum absolute atomic E-state index is 12.1. The van der Waals surface area contributed by atoms with E-state index < -0.39 is 5.97 Å². The number of carbonyl (C=O) groups excluding carboxylic acids is 1. The van der Waals surface area contributed by atoms with Gasteiger partial charge in [0.1, 0.15) is 0 Å². The molecule has 0 aliphatic rings. The molecule has 1 N–H and O–H groups in total. The molecule has 0 saturated heterocycles. The van der Waals surface area contributed by atoms with Crippen molar-refractivity contribution >= 4 is 11.8 Å². The van der Waals surface area contributed by atoms with Gasteiger partial charge in [-0.15, -0.1) is 0 Å². The lowest BCUT2D eigenvalue weighted by Gasteiger charge is -2.11. The standard InChI is InChI=1S/C15H20O5/c1-19-13-9-6-7-11(15(13)20-2)12(16)8-4-3-5-10-14(17)18/h6-7,9H,3-5,8,10H2,1-2H3,(H,17,18). The SMILES string of the molecule is COc1cccc(C(=O)CCCCCC(=O)O)c1OC. The number of Topliss-reactive ketones (excluding diaryl/α,β-unsaturated/α-hetero) is 1. The van der Waals surface area contributed by atoms with Gasteiger partial charge in [-0.2, -0.15) is 0 Å². The summed E-state index contributed by atoms with van der Waals surface area (Å²) in [5.74, 6) is 0.164. The van der Waals surface area contributed by atoms with Crippen molar-refractivity contribution in [1.29, 1.82) is 0 Å². The molecule has 1 aromatic carbocycles. The van der Waals surface area contributed by atoms with Crippen molar-refractivity contribution in [2.75, 3.05) is 14.2 Å². The molecule has 0 saturated carbocycles. The maximum atomic E-state index is 12.1. The first-order valence-electron chi connectivity index (χ1n) is 6.56. The summed E-state index contributed by atoms with van der Waals surface area (Å²) in [6, 6.07) is 5.20. The van der Waals surface area contributed by atoms with Crippen LogP contribution in [0, 0.1) is 0 Å². The van der Waals surface area contributed by atoms with Crippen LogP contribution in [0.4, 0.5) is 0 Å². The van der Waals surface area contributed by atoms with Crippen LogP contribution in [0.3, 0.4) is 0 Å². The fourth-order valence-corrected chi connectivity index (χ4v) is 1.98. The molecule has 0 atom stereocenters. The number of unbranched alkanes of at least 4 members (excludes halogenated alkanes) is 2. The van der Waals surface area contributed by atoms with Crippen LogP contribution in [0.2, 0.25) is 0 Å². The summed E-state index contributed by atoms with van der Waals surface area (Å²) in [5.41, 5.74) is 0.505. The van der Waals surface area contributed by atoms with Crippen LogP contribution in [0.5, 0.6) is 11.5 Å². The summed E-state index contributed by atoms with van der Waals surface area (Å²) in [4.78, 5) is 22.5. The van der Waals surface area contributed by atoms with E-state index in [1.54, 1.807) is 18.2 Å². The van der Waals surface area contributed by atoms with Gasteiger partial charge in [-0.3, -0.25) is 9.59 Å². The van der Waals surface area contributed by atoms with E-state index in [0.29, 0.717) is 36.3 Å². The Morgan fingerprint density at radius 3 is 2.35 bits per heavy atom. The van der Waals surface area contributed by atoms with Gasteiger partial charge >= 0.3 is 5.97 Å². The highest BCUT2D eigenvalue weighted by atomic mass is 16.5. The topological polar surface area (TPSA) is 72.8 Å². The van der Waals surface area contributed by atoms with E-state index in [1.807, 2.05) is 0 Å². The van der Waals surface area contributed by atoms with E-state index in [1.165, 1.54) is 14.2 Å². The molecule has 0 heterocycles. The number of carbonyl (C=O) groups is 2. The number of methoxy groups -OCH3 is 2. The molecule has 20 heavy (non-hydrogen) atoms. The molecule has 1 aromatic rings. The normalized spacial score (nSPS) is 10.1. The second kappa shape index (κ2) is 8.19. The monoisotopic (exact) mass is 280 g/mol. The molecule has 110 valence electrons. The van der Waals surface area contributed by atoms with Crippen LogP contribution in [0.15, 0.2) is 18.2 Å². The van der Waals surface area contributed by atoms with Gasteiger partial charge < -0.3 is 14.6 Å². The molecule has 5 nitrogen and oxygen atoms in total. The zero-order chi connectivity index (χ0) is 15.0. The average Bonchev–Trinajstić information content (AvgIpc) is 2.45. The molecule has 0 unspecified atom stereocenters. The van der Waals surface area contributed by atoms with Crippen molar-refractivity contribution in [3.63, 3.8) is 0 Å². The summed E-state index contributed by atoms with van der Waals surface area (Å²) in [5, 5.41) is 8.53. The molecule has 0 spiro atoms. The number of hydrogen-bond donors (Lipinski definition) is 1. The molecule has 0 amide bonds. The van der Waals surface area contributed by atoms with Crippen molar-refractivity contribution < 1.29 is 24.2 Å². The second-order valence-electron chi connectivity index (χ2n) is 4.42. The van der Waals surface area contributed by atoms with Crippen molar-refractivity contribution in [3.05, 3.63) is 23.8 Å². The van der Waals surface area contributed by atoms with Gasteiger partial charge in [0.15, 0.2) is 17.3 Å². The third-order valence-electron chi connectivity index (χ3n) is 3.00. The Hall–Kier alpha value is -2.04. The molecule has 5 heteroatoms. The molecule has 0 aromatic heterocycles. The van der Waals surface area contributed by atoms with Gasteiger partial charge in [-0.1, -0.05) is 12.5 Å². The fourth-order valence-electron chi connectivity index (χ4n) is 1.98. The lowest BCUT2D eigenvalue weighted by Crippen LogP contribution is -2.04. The summed E-state index contributed by atoms with van der Waals surface area (Å²) >= 11 is 0. The van der Waals surface area contributed by atoms with Crippen LogP contribution < -0.4 is 9.47 Å². The van der Waals surface area contributed by atoms with Gasteiger partial charge in [0.2, 0.25) is 0 Å². The van der Waals surface area contributed by atoms with Gasteiger partial charge in [-0.25, -0.2) is 0 Å². The van der Waals surface area contributed by atoms with E-state index in [2.05, 4.69) is 0 Å². The number of hydrogen-bond acceptors (Lipinski definition) is 4. The zero-order valence-electron chi connectivity index (χ0n) is 11.8. The first kappa shape index (κ1) is 16.0. The predicted molar refractivity (Wildman–Crippen MR) is 74.6 cm³/mol. The molecule has 0 bridgehead atoms. The van der Waals surface area contributed by atoms with Crippen molar-refractivity contribution in [3.8, 4) is 11.5 Å². The third-order valence-corrected chi connectivity index (χ3v) is 3.00. The Bertz CT molecular complexity index is 467. The predicted octanol–water partition coefficient (Wildman–Crippen LogP) is 2.92. The molecular formula is C15H20O5. The van der Waals surface area contributed by atoms with Crippen LogP contribution in [-0.4, -0.2) is 31.1 Å². The molecule has 0 fully saturated rings. The van der Waals surface area contributed by atoms with Crippen LogP contribution in [0.1, 0.15) is 42.5 Å². The van der Waals surface area contributed by atoms with Gasteiger partial charge in [-0.05, 0) is 25.0 Å². The molecular weight excluding hydrogens is 260 g/mol. The van der Waals surface area contributed by atoms with E-state index in [-0.39, 0.29) is 12.2 Å². The number of ether oxygens (including phenoxy) is 2. The van der Waals surface area contributed by atoms with E-state index in [9.17, 15) is 9.59 Å². The Morgan fingerprint density at radius 2 is 1.75 bits per heavy atom. The Kier molecular flexibility index (Phi) is 6.56. The second-order valence-corrected chi connectivity index (χ2v) is 4.42. The number of rotatable bonds is 9. The van der Waals surface area contributed by atoms with E-state index in [4.69, 9.17) is 14.6 Å². The van der Waals surface area contributed by atoms with Crippen molar-refractivity contribution in [2.24, 2.45) is 0 Å². The van der Waals surface area contributed by atoms with Gasteiger partial charge in [0.05, 0.1) is 19.8 Å². The molecule has 0 aliphatic carbocycles. The highest BCUT2D eigenvalue weighted by molar-refractivity contribution is 5.99. The fraction of sp³-hybridized carbons (Fsp3) is 0.467. The number of benzene rings is 1. The lowest BCUT2D eigenvalue weighted by molar-refractivity contribution is -0.137. The lowest BCUT2D eigenvalue weighted by atomic mass is 10.0. The maximum Gasteiger partial charge on any atom is 0.303 e. The third kappa shape index (κ3) is 4.57.